The van der Waals surface area contributed by atoms with Gasteiger partial charge >= 0.3 is 5.97 Å². The van der Waals surface area contributed by atoms with Crippen molar-refractivity contribution in [3.8, 4) is 5.75 Å². The molecule has 1 amide bonds. The molecule has 0 bridgehead atoms. The maximum Gasteiger partial charge on any atom is 0.338 e. The second kappa shape index (κ2) is 10.7. The number of anilines is 2. The first kappa shape index (κ1) is 25.2. The van der Waals surface area contributed by atoms with Crippen LogP contribution in [0.25, 0.3) is 0 Å². The van der Waals surface area contributed by atoms with E-state index in [1.165, 1.54) is 43.5 Å². The first-order chi connectivity index (χ1) is 16.6. The quantitative estimate of drug-likeness (QED) is 0.258. The number of nitro benzene ring substituents is 1. The summed E-state index contributed by atoms with van der Waals surface area (Å²) in [4.78, 5) is 34.4. The first-order valence-electron chi connectivity index (χ1n) is 10.1. The van der Waals surface area contributed by atoms with Gasteiger partial charge in [0, 0.05) is 23.5 Å². The zero-order valence-corrected chi connectivity index (χ0v) is 19.5. The number of benzene rings is 3. The summed E-state index contributed by atoms with van der Waals surface area (Å²) < 4.78 is 38.4. The van der Waals surface area contributed by atoms with Crippen LogP contribution in [0.4, 0.5) is 17.1 Å². The fourth-order valence-corrected chi connectivity index (χ4v) is 4.18. The molecule has 11 nitrogen and oxygen atoms in total. The molecule has 3 rings (SSSR count). The summed E-state index contributed by atoms with van der Waals surface area (Å²) in [7, 11) is -2.82. The molecule has 182 valence electrons. The standard InChI is InChI=1S/C23H21N3O8S/c1-15-3-6-18(7-4-15)25-35(31,32)21-13-16(5-12-20(21)33-2)23(28)34-14-22(27)24-17-8-10-19(11-9-17)26(29)30/h3-13,25H,14H2,1-2H3,(H,24,27). The van der Waals surface area contributed by atoms with Crippen LogP contribution in [0, 0.1) is 17.0 Å². The summed E-state index contributed by atoms with van der Waals surface area (Å²) in [5, 5.41) is 13.1. The Balaban J connectivity index is 1.69. The van der Waals surface area contributed by atoms with Gasteiger partial charge in [-0.05, 0) is 49.4 Å². The van der Waals surface area contributed by atoms with Gasteiger partial charge in [-0.25, -0.2) is 13.2 Å². The van der Waals surface area contributed by atoms with Crippen molar-refractivity contribution in [1.29, 1.82) is 0 Å². The number of nitrogens with zero attached hydrogens (tertiary/aromatic N) is 1. The van der Waals surface area contributed by atoms with E-state index in [2.05, 4.69) is 10.0 Å². The monoisotopic (exact) mass is 499 g/mol. The minimum Gasteiger partial charge on any atom is -0.495 e. The fraction of sp³-hybridized carbons (Fsp3) is 0.130. The van der Waals surface area contributed by atoms with Gasteiger partial charge in [0.05, 0.1) is 17.6 Å². The summed E-state index contributed by atoms with van der Waals surface area (Å²) in [5.41, 5.74) is 1.30. The Bertz CT molecular complexity index is 1350. The summed E-state index contributed by atoms with van der Waals surface area (Å²) in [6, 6.07) is 15.5. The van der Waals surface area contributed by atoms with Gasteiger partial charge in [0.2, 0.25) is 0 Å². The third-order valence-electron chi connectivity index (χ3n) is 4.69. The van der Waals surface area contributed by atoms with E-state index in [4.69, 9.17) is 9.47 Å². The Kier molecular flexibility index (Phi) is 7.66. The molecule has 0 radical (unpaired) electrons. The maximum absolute atomic E-state index is 12.9. The molecule has 2 N–H and O–H groups in total. The molecule has 0 saturated carbocycles. The van der Waals surface area contributed by atoms with E-state index >= 15 is 0 Å². The number of nitrogens with one attached hydrogen (secondary N) is 2. The van der Waals surface area contributed by atoms with Crippen molar-refractivity contribution in [1.82, 2.24) is 0 Å². The first-order valence-corrected chi connectivity index (χ1v) is 11.6. The van der Waals surface area contributed by atoms with E-state index in [1.54, 1.807) is 24.3 Å². The number of hydrogen-bond donors (Lipinski definition) is 2. The third-order valence-corrected chi connectivity index (χ3v) is 6.09. The van der Waals surface area contributed by atoms with E-state index in [1.807, 2.05) is 6.92 Å². The molecule has 12 heteroatoms. The van der Waals surface area contributed by atoms with Crippen LogP contribution in [0.5, 0.6) is 5.75 Å². The summed E-state index contributed by atoms with van der Waals surface area (Å²) in [6.45, 7) is 1.20. The zero-order chi connectivity index (χ0) is 25.6. The highest BCUT2D eigenvalue weighted by Gasteiger charge is 2.23. The molecule has 0 spiro atoms. The number of amides is 1. The average Bonchev–Trinajstić information content (AvgIpc) is 2.83. The number of sulfonamides is 1. The van der Waals surface area contributed by atoms with Crippen LogP contribution in [0.3, 0.4) is 0 Å². The lowest BCUT2D eigenvalue weighted by molar-refractivity contribution is -0.384. The van der Waals surface area contributed by atoms with Crippen molar-refractivity contribution in [3.63, 3.8) is 0 Å². The lowest BCUT2D eigenvalue weighted by Gasteiger charge is -2.13. The summed E-state index contributed by atoms with van der Waals surface area (Å²) in [6.07, 6.45) is 0. The number of aryl methyl sites for hydroxylation is 1. The molecule has 0 aliphatic heterocycles. The van der Waals surface area contributed by atoms with E-state index in [0.717, 1.165) is 11.6 Å². The zero-order valence-electron chi connectivity index (χ0n) is 18.7. The molecule has 3 aromatic carbocycles. The fourth-order valence-electron chi connectivity index (χ4n) is 2.92. The second-order valence-electron chi connectivity index (χ2n) is 7.27. The number of rotatable bonds is 9. The second-order valence-corrected chi connectivity index (χ2v) is 8.92. The molecule has 0 fully saturated rings. The van der Waals surface area contributed by atoms with E-state index < -0.39 is 33.4 Å². The van der Waals surface area contributed by atoms with Gasteiger partial charge in [-0.2, -0.15) is 0 Å². The maximum atomic E-state index is 12.9. The molecular weight excluding hydrogens is 478 g/mol. The smallest absolute Gasteiger partial charge is 0.338 e. The van der Waals surface area contributed by atoms with Crippen LogP contribution < -0.4 is 14.8 Å². The minimum atomic E-state index is -4.12. The van der Waals surface area contributed by atoms with Gasteiger partial charge in [-0.1, -0.05) is 17.7 Å². The Morgan fingerprint density at radius 2 is 1.60 bits per heavy atom. The number of carbonyl (C=O) groups excluding carboxylic acids is 2. The molecule has 0 aromatic heterocycles. The third kappa shape index (κ3) is 6.54. The molecule has 0 aliphatic carbocycles. The van der Waals surface area contributed by atoms with E-state index in [0.29, 0.717) is 5.69 Å². The van der Waals surface area contributed by atoms with Crippen LogP contribution in [0.15, 0.2) is 71.6 Å². The van der Waals surface area contributed by atoms with Crippen molar-refractivity contribution in [2.24, 2.45) is 0 Å². The molecule has 0 saturated heterocycles. The topological polar surface area (TPSA) is 154 Å². The number of esters is 1. The number of non-ortho nitro benzene ring substituents is 1. The van der Waals surface area contributed by atoms with Crippen molar-refractivity contribution in [3.05, 3.63) is 88.0 Å². The molecule has 0 atom stereocenters. The number of hydrogen-bond acceptors (Lipinski definition) is 8. The molecule has 3 aromatic rings. The predicted octanol–water partition coefficient (Wildman–Crippen LogP) is 3.51. The normalized spacial score (nSPS) is 10.8. The predicted molar refractivity (Wildman–Crippen MR) is 127 cm³/mol. The van der Waals surface area contributed by atoms with Gasteiger partial charge in [-0.15, -0.1) is 0 Å². The molecule has 35 heavy (non-hydrogen) atoms. The summed E-state index contributed by atoms with van der Waals surface area (Å²) in [5.74, 6) is -1.61. The van der Waals surface area contributed by atoms with Crippen LogP contribution in [0.2, 0.25) is 0 Å². The SMILES string of the molecule is COc1ccc(C(=O)OCC(=O)Nc2ccc([N+](=O)[O-])cc2)cc1S(=O)(=O)Nc1ccc(C)cc1. The lowest BCUT2D eigenvalue weighted by Crippen LogP contribution is -2.21. The molecule has 0 unspecified atom stereocenters. The van der Waals surface area contributed by atoms with Crippen molar-refractivity contribution >= 4 is 39.0 Å². The molecule has 0 heterocycles. The highest BCUT2D eigenvalue weighted by molar-refractivity contribution is 7.92. The van der Waals surface area contributed by atoms with Crippen LogP contribution in [-0.4, -0.2) is 38.9 Å². The Labute approximate surface area is 200 Å². The number of carbonyl (C=O) groups is 2. The van der Waals surface area contributed by atoms with E-state index in [9.17, 15) is 28.1 Å². The Hall–Kier alpha value is -4.45. The number of ether oxygens (including phenoxy) is 2. The average molecular weight is 500 g/mol. The Morgan fingerprint density at radius 3 is 2.20 bits per heavy atom. The van der Waals surface area contributed by atoms with Gasteiger partial charge in [0.1, 0.15) is 10.6 Å². The van der Waals surface area contributed by atoms with Gasteiger partial charge < -0.3 is 14.8 Å². The highest BCUT2D eigenvalue weighted by Crippen LogP contribution is 2.27. The van der Waals surface area contributed by atoms with Crippen molar-refractivity contribution in [2.75, 3.05) is 23.8 Å². The van der Waals surface area contributed by atoms with Crippen molar-refractivity contribution < 1.29 is 32.4 Å². The number of methoxy groups -OCH3 is 1. The Morgan fingerprint density at radius 1 is 0.971 bits per heavy atom. The van der Waals surface area contributed by atoms with Crippen molar-refractivity contribution in [2.45, 2.75) is 11.8 Å². The summed E-state index contributed by atoms with van der Waals surface area (Å²) >= 11 is 0. The van der Waals surface area contributed by atoms with Gasteiger partial charge in [0.25, 0.3) is 21.6 Å². The van der Waals surface area contributed by atoms with Crippen LogP contribution >= 0.6 is 0 Å². The van der Waals surface area contributed by atoms with E-state index in [-0.39, 0.29) is 27.6 Å². The highest BCUT2D eigenvalue weighted by atomic mass is 32.2. The van der Waals surface area contributed by atoms with Gasteiger partial charge in [0.15, 0.2) is 6.61 Å². The van der Waals surface area contributed by atoms with Gasteiger partial charge in [-0.3, -0.25) is 19.6 Å². The largest absolute Gasteiger partial charge is 0.495 e. The molecule has 0 aliphatic rings. The minimum absolute atomic E-state index is 0.0112. The number of nitro groups is 1. The molecular formula is C23H21N3O8S. The van der Waals surface area contributed by atoms with Crippen LogP contribution in [0.1, 0.15) is 15.9 Å². The lowest BCUT2D eigenvalue weighted by atomic mass is 10.2. The van der Waals surface area contributed by atoms with Crippen LogP contribution in [-0.2, 0) is 19.6 Å².